The van der Waals surface area contributed by atoms with Gasteiger partial charge in [-0.15, -0.1) is 11.8 Å². The Morgan fingerprint density at radius 3 is 2.79 bits per heavy atom. The number of thioether (sulfide) groups is 1. The average Bonchev–Trinajstić information content (AvgIpc) is 2.85. The molecule has 1 heterocycles. The predicted molar refractivity (Wildman–Crippen MR) is 78.0 cm³/mol. The molecular weight excluding hydrogens is 257 g/mol. The maximum absolute atomic E-state index is 13.5. The lowest BCUT2D eigenvalue weighted by Gasteiger charge is -2.13. The number of hydrogen-bond acceptors (Lipinski definition) is 2. The van der Waals surface area contributed by atoms with Crippen molar-refractivity contribution in [2.45, 2.75) is 17.4 Å². The molecule has 98 valence electrons. The number of hydrogen-bond donors (Lipinski definition) is 1. The second-order valence-electron chi connectivity index (χ2n) is 4.70. The normalized spacial score (nSPS) is 17.4. The van der Waals surface area contributed by atoms with Crippen molar-refractivity contribution in [3.63, 3.8) is 0 Å². The zero-order chi connectivity index (χ0) is 13.1. The van der Waals surface area contributed by atoms with Gasteiger partial charge in [-0.1, -0.05) is 36.4 Å². The smallest absolute Gasteiger partial charge is 0.126 e. The van der Waals surface area contributed by atoms with Crippen LogP contribution in [-0.4, -0.2) is 12.3 Å². The van der Waals surface area contributed by atoms with E-state index < -0.39 is 0 Å². The maximum atomic E-state index is 13.5. The Bertz CT molecular complexity index is 570. The van der Waals surface area contributed by atoms with E-state index in [1.807, 2.05) is 23.9 Å². The molecule has 0 aromatic heterocycles. The molecule has 0 saturated carbocycles. The molecule has 0 aliphatic carbocycles. The minimum atomic E-state index is -0.106. The molecule has 19 heavy (non-hydrogen) atoms. The van der Waals surface area contributed by atoms with Gasteiger partial charge in [-0.3, -0.25) is 0 Å². The molecule has 1 nitrogen and oxygen atoms in total. The van der Waals surface area contributed by atoms with Crippen molar-refractivity contribution in [3.8, 4) is 0 Å². The van der Waals surface area contributed by atoms with E-state index >= 15 is 0 Å². The molecule has 0 amide bonds. The largest absolute Gasteiger partial charge is 0.309 e. The monoisotopic (exact) mass is 273 g/mol. The van der Waals surface area contributed by atoms with Crippen LogP contribution in [0.1, 0.15) is 17.2 Å². The Labute approximate surface area is 117 Å². The summed E-state index contributed by atoms with van der Waals surface area (Å²) in [6.07, 6.45) is 0.732. The highest BCUT2D eigenvalue weighted by Gasteiger charge is 2.21. The first-order chi connectivity index (χ1) is 9.34. The molecule has 3 rings (SSSR count). The number of fused-ring (bicyclic) bond motifs is 1. The Kier molecular flexibility index (Phi) is 3.85. The third-order valence-electron chi connectivity index (χ3n) is 3.44. The second kappa shape index (κ2) is 5.76. The molecule has 0 bridgehead atoms. The van der Waals surface area contributed by atoms with Crippen LogP contribution in [0.4, 0.5) is 4.39 Å². The van der Waals surface area contributed by atoms with Crippen molar-refractivity contribution in [1.82, 2.24) is 5.32 Å². The van der Waals surface area contributed by atoms with Crippen LogP contribution in [0, 0.1) is 5.82 Å². The van der Waals surface area contributed by atoms with E-state index in [2.05, 4.69) is 29.6 Å². The highest BCUT2D eigenvalue weighted by atomic mass is 32.2. The maximum Gasteiger partial charge on any atom is 0.126 e. The molecule has 1 unspecified atom stereocenters. The van der Waals surface area contributed by atoms with Gasteiger partial charge in [0.05, 0.1) is 0 Å². The van der Waals surface area contributed by atoms with Crippen molar-refractivity contribution >= 4 is 11.8 Å². The first-order valence-corrected chi connectivity index (χ1v) is 7.51. The second-order valence-corrected chi connectivity index (χ2v) is 5.76. The molecule has 2 aromatic carbocycles. The van der Waals surface area contributed by atoms with Crippen LogP contribution in [0.5, 0.6) is 0 Å². The molecule has 2 aromatic rings. The summed E-state index contributed by atoms with van der Waals surface area (Å²) in [7, 11) is 0. The average molecular weight is 273 g/mol. The van der Waals surface area contributed by atoms with Crippen LogP contribution in [-0.2, 0) is 6.42 Å². The Morgan fingerprint density at radius 2 is 1.89 bits per heavy atom. The summed E-state index contributed by atoms with van der Waals surface area (Å²) in [4.78, 5) is 1.37. The number of benzene rings is 2. The van der Waals surface area contributed by atoms with Gasteiger partial charge in [0.2, 0.25) is 0 Å². The summed E-state index contributed by atoms with van der Waals surface area (Å²) in [6, 6.07) is 15.9. The fraction of sp³-hybridized carbons (Fsp3) is 0.250. The van der Waals surface area contributed by atoms with Gasteiger partial charge in [-0.2, -0.15) is 0 Å². The lowest BCUT2D eigenvalue weighted by Crippen LogP contribution is -2.23. The SMILES string of the molecule is Fc1ccccc1CCNC1CSc2ccccc21. The van der Waals surface area contributed by atoms with E-state index in [0.29, 0.717) is 6.04 Å². The van der Waals surface area contributed by atoms with Crippen molar-refractivity contribution in [3.05, 3.63) is 65.5 Å². The molecule has 1 aliphatic heterocycles. The molecule has 3 heteroatoms. The number of nitrogens with one attached hydrogen (secondary N) is 1. The number of rotatable bonds is 4. The van der Waals surface area contributed by atoms with E-state index in [1.165, 1.54) is 16.5 Å². The van der Waals surface area contributed by atoms with Crippen molar-refractivity contribution < 1.29 is 4.39 Å². The highest BCUT2D eigenvalue weighted by Crippen LogP contribution is 2.37. The van der Waals surface area contributed by atoms with Gasteiger partial charge in [-0.05, 0) is 36.2 Å². The van der Waals surface area contributed by atoms with Crippen molar-refractivity contribution in [1.29, 1.82) is 0 Å². The predicted octanol–water partition coefficient (Wildman–Crippen LogP) is 3.80. The van der Waals surface area contributed by atoms with Crippen LogP contribution in [0.15, 0.2) is 53.4 Å². The summed E-state index contributed by atoms with van der Waals surface area (Å²) in [5.74, 6) is 0.960. The topological polar surface area (TPSA) is 12.0 Å². The lowest BCUT2D eigenvalue weighted by atomic mass is 10.1. The minimum Gasteiger partial charge on any atom is -0.309 e. The lowest BCUT2D eigenvalue weighted by molar-refractivity contribution is 0.565. The quantitative estimate of drug-likeness (QED) is 0.909. The van der Waals surface area contributed by atoms with Gasteiger partial charge >= 0.3 is 0 Å². The molecule has 0 fully saturated rings. The zero-order valence-electron chi connectivity index (χ0n) is 10.6. The molecule has 1 aliphatic rings. The van der Waals surface area contributed by atoms with Gasteiger partial charge in [0, 0.05) is 16.7 Å². The zero-order valence-corrected chi connectivity index (χ0v) is 11.4. The molecule has 1 N–H and O–H groups in total. The van der Waals surface area contributed by atoms with Crippen LogP contribution < -0.4 is 5.32 Å². The van der Waals surface area contributed by atoms with Gasteiger partial charge < -0.3 is 5.32 Å². The summed E-state index contributed by atoms with van der Waals surface area (Å²) in [5, 5.41) is 3.53. The molecular formula is C16H16FNS. The van der Waals surface area contributed by atoms with Crippen LogP contribution >= 0.6 is 11.8 Å². The van der Waals surface area contributed by atoms with Gasteiger partial charge in [0.15, 0.2) is 0 Å². The summed E-state index contributed by atoms with van der Waals surface area (Å²) in [6.45, 7) is 0.806. The number of halogens is 1. The van der Waals surface area contributed by atoms with Gasteiger partial charge in [-0.25, -0.2) is 4.39 Å². The summed E-state index contributed by atoms with van der Waals surface area (Å²) in [5.41, 5.74) is 2.16. The molecule has 0 radical (unpaired) electrons. The van der Waals surface area contributed by atoms with E-state index in [9.17, 15) is 4.39 Å². The van der Waals surface area contributed by atoms with Crippen LogP contribution in [0.25, 0.3) is 0 Å². The molecule has 0 spiro atoms. The third kappa shape index (κ3) is 2.82. The van der Waals surface area contributed by atoms with Crippen molar-refractivity contribution in [2.24, 2.45) is 0 Å². The van der Waals surface area contributed by atoms with E-state index in [4.69, 9.17) is 0 Å². The van der Waals surface area contributed by atoms with E-state index in [-0.39, 0.29) is 5.82 Å². The van der Waals surface area contributed by atoms with E-state index in [1.54, 1.807) is 6.07 Å². The van der Waals surface area contributed by atoms with E-state index in [0.717, 1.165) is 24.3 Å². The van der Waals surface area contributed by atoms with Crippen molar-refractivity contribution in [2.75, 3.05) is 12.3 Å². The summed E-state index contributed by atoms with van der Waals surface area (Å²) >= 11 is 1.89. The third-order valence-corrected chi connectivity index (χ3v) is 4.63. The first-order valence-electron chi connectivity index (χ1n) is 6.53. The van der Waals surface area contributed by atoms with Gasteiger partial charge in [0.25, 0.3) is 0 Å². The Hall–Kier alpha value is -1.32. The van der Waals surface area contributed by atoms with Crippen LogP contribution in [0.2, 0.25) is 0 Å². The Morgan fingerprint density at radius 1 is 1.11 bits per heavy atom. The fourth-order valence-corrected chi connectivity index (χ4v) is 3.61. The van der Waals surface area contributed by atoms with Gasteiger partial charge in [0.1, 0.15) is 5.82 Å². The standard InChI is InChI=1S/C16H16FNS/c17-14-7-3-1-5-12(14)9-10-18-15-11-19-16-8-4-2-6-13(15)16/h1-8,15,18H,9-11H2. The van der Waals surface area contributed by atoms with Crippen LogP contribution in [0.3, 0.4) is 0 Å². The molecule has 0 saturated heterocycles. The highest BCUT2D eigenvalue weighted by molar-refractivity contribution is 7.99. The first kappa shape index (κ1) is 12.7. The summed E-state index contributed by atoms with van der Waals surface area (Å²) < 4.78 is 13.5. The fourth-order valence-electron chi connectivity index (χ4n) is 2.41. The minimum absolute atomic E-state index is 0.106. The molecule has 1 atom stereocenters. The Balaban J connectivity index is 1.58.